The van der Waals surface area contributed by atoms with Crippen molar-refractivity contribution in [1.82, 2.24) is 29.9 Å². The van der Waals surface area contributed by atoms with Gasteiger partial charge in [-0.1, -0.05) is 0 Å². The van der Waals surface area contributed by atoms with Crippen molar-refractivity contribution in [3.05, 3.63) is 35.9 Å². The summed E-state index contributed by atoms with van der Waals surface area (Å²) in [4.78, 5) is 32.6. The monoisotopic (exact) mass is 439 g/mol. The van der Waals surface area contributed by atoms with Gasteiger partial charge in [0.05, 0.1) is 12.1 Å². The minimum absolute atomic E-state index is 0.0921. The van der Waals surface area contributed by atoms with Gasteiger partial charge in [-0.25, -0.2) is 9.97 Å². The van der Waals surface area contributed by atoms with E-state index >= 15 is 0 Å². The summed E-state index contributed by atoms with van der Waals surface area (Å²) in [6, 6.07) is 3.74. The van der Waals surface area contributed by atoms with Crippen LogP contribution in [0.4, 0.5) is 5.82 Å². The molecule has 1 amide bonds. The maximum atomic E-state index is 11.4. The molecule has 10 heteroatoms. The number of rotatable bonds is 9. The number of carbonyl (C=O) groups excluding carboxylic acids is 1. The average molecular weight is 440 g/mol. The Labute approximate surface area is 186 Å². The van der Waals surface area contributed by atoms with Crippen molar-refractivity contribution in [3.8, 4) is 0 Å². The second-order valence-electron chi connectivity index (χ2n) is 7.63. The molecule has 0 unspecified atom stereocenters. The molecule has 1 aliphatic rings. The van der Waals surface area contributed by atoms with Crippen LogP contribution in [0.2, 0.25) is 0 Å². The number of nitrogens with two attached hydrogens (primary N) is 1. The number of fused-ring (bicyclic) bond motifs is 3. The number of hydrogen-bond acceptors (Lipinski definition) is 8. The quantitative estimate of drug-likeness (QED) is 0.384. The molecule has 4 rings (SSSR count). The highest BCUT2D eigenvalue weighted by Crippen LogP contribution is 2.28. The normalized spacial score (nSPS) is 14.2. The number of imidazole rings is 1. The summed E-state index contributed by atoms with van der Waals surface area (Å²) in [6.07, 6.45) is 5.24. The first-order chi connectivity index (χ1) is 15.6. The zero-order valence-electron chi connectivity index (χ0n) is 18.5. The van der Waals surface area contributed by atoms with E-state index in [1.807, 2.05) is 25.1 Å². The van der Waals surface area contributed by atoms with E-state index in [4.69, 9.17) is 20.3 Å². The van der Waals surface area contributed by atoms with Crippen molar-refractivity contribution in [2.24, 2.45) is 0 Å². The number of amides is 1. The molecule has 10 nitrogen and oxygen atoms in total. The predicted octanol–water partition coefficient (Wildman–Crippen LogP) is 2.15. The molecule has 0 bridgehead atoms. The van der Waals surface area contributed by atoms with Gasteiger partial charge in [-0.3, -0.25) is 20.1 Å². The molecule has 0 spiro atoms. The number of ether oxygens (including phenoxy) is 1. The number of pyridine rings is 2. The average Bonchev–Trinajstić information content (AvgIpc) is 3.17. The minimum atomic E-state index is 0.0921. The lowest BCUT2D eigenvalue weighted by atomic mass is 10.2. The van der Waals surface area contributed by atoms with Gasteiger partial charge in [0.2, 0.25) is 5.91 Å². The summed E-state index contributed by atoms with van der Waals surface area (Å²) < 4.78 is 7.73. The van der Waals surface area contributed by atoms with E-state index in [9.17, 15) is 4.79 Å². The first-order valence-corrected chi connectivity index (χ1v) is 10.9. The smallest absolute Gasteiger partial charge is 0.219 e. The van der Waals surface area contributed by atoms with Crippen LogP contribution in [0.3, 0.4) is 0 Å². The number of hydrogen-bond donors (Lipinski definition) is 2. The molecule has 4 heterocycles. The second kappa shape index (κ2) is 9.92. The Balaban J connectivity index is 1.45. The number of aryl methyl sites for hydroxylation is 1. The molecule has 0 saturated heterocycles. The van der Waals surface area contributed by atoms with Crippen LogP contribution < -0.4 is 11.2 Å². The second-order valence-corrected chi connectivity index (χ2v) is 7.63. The number of nitrogens with one attached hydrogen (secondary N) is 1. The van der Waals surface area contributed by atoms with Crippen LogP contribution in [0.1, 0.15) is 32.5 Å². The lowest BCUT2D eigenvalue weighted by Gasteiger charge is -2.25. The molecule has 0 aliphatic carbocycles. The van der Waals surface area contributed by atoms with E-state index in [0.29, 0.717) is 50.8 Å². The Bertz CT molecular complexity index is 1140. The summed E-state index contributed by atoms with van der Waals surface area (Å²) in [7, 11) is 0. The van der Waals surface area contributed by atoms with Crippen molar-refractivity contribution in [3.63, 3.8) is 0 Å². The highest BCUT2D eigenvalue weighted by atomic mass is 16.6. The zero-order valence-corrected chi connectivity index (χ0v) is 18.5. The van der Waals surface area contributed by atoms with Crippen LogP contribution in [-0.2, 0) is 27.5 Å². The highest BCUT2D eigenvalue weighted by molar-refractivity contribution is 6.04. The number of carbonyl (C=O) groups is 1. The molecule has 170 valence electrons. The minimum Gasteiger partial charge on any atom is -0.382 e. The molecule has 3 aromatic rings. The summed E-state index contributed by atoms with van der Waals surface area (Å²) in [5, 5.41) is 0. The molecule has 0 fully saturated rings. The van der Waals surface area contributed by atoms with E-state index < -0.39 is 0 Å². The van der Waals surface area contributed by atoms with Crippen molar-refractivity contribution < 1.29 is 14.4 Å². The third-order valence-corrected chi connectivity index (χ3v) is 5.46. The molecule has 3 aromatic heterocycles. The first-order valence-electron chi connectivity index (χ1n) is 10.9. The van der Waals surface area contributed by atoms with Crippen molar-refractivity contribution in [1.29, 1.82) is 0 Å². The Morgan fingerprint density at radius 3 is 2.94 bits per heavy atom. The standard InChI is InChI=1S/C22H29N7O3/c1-3-31-14-18-26-20-21(19-17(25-22(20)23)6-4-9-24-19)29(18)10-5-13-32-27-16-7-11-28(12-8-16)15(2)30/h4,6-7,9,27H,3,5,8,10-14H2,1-2H3,(H2,23,25). The zero-order chi connectivity index (χ0) is 22.5. The Morgan fingerprint density at radius 1 is 1.31 bits per heavy atom. The van der Waals surface area contributed by atoms with Gasteiger partial charge in [0.15, 0.2) is 5.82 Å². The summed E-state index contributed by atoms with van der Waals surface area (Å²) in [6.45, 7) is 7.02. The van der Waals surface area contributed by atoms with E-state index in [-0.39, 0.29) is 5.91 Å². The van der Waals surface area contributed by atoms with Gasteiger partial charge in [0.1, 0.15) is 29.0 Å². The largest absolute Gasteiger partial charge is 0.382 e. The first kappa shape index (κ1) is 22.0. The fourth-order valence-corrected chi connectivity index (χ4v) is 3.80. The number of nitrogen functional groups attached to an aromatic ring is 1. The molecule has 0 saturated carbocycles. The van der Waals surface area contributed by atoms with E-state index in [2.05, 4.69) is 20.0 Å². The van der Waals surface area contributed by atoms with Crippen LogP contribution >= 0.6 is 0 Å². The Morgan fingerprint density at radius 2 is 2.19 bits per heavy atom. The summed E-state index contributed by atoms with van der Waals surface area (Å²) in [5.74, 6) is 1.27. The van der Waals surface area contributed by atoms with Gasteiger partial charge >= 0.3 is 0 Å². The number of anilines is 1. The van der Waals surface area contributed by atoms with Crippen LogP contribution in [0.5, 0.6) is 0 Å². The van der Waals surface area contributed by atoms with Crippen LogP contribution in [0.25, 0.3) is 22.1 Å². The van der Waals surface area contributed by atoms with Crippen LogP contribution in [0.15, 0.2) is 30.1 Å². The van der Waals surface area contributed by atoms with Gasteiger partial charge in [0, 0.05) is 51.5 Å². The molecule has 3 N–H and O–H groups in total. The van der Waals surface area contributed by atoms with E-state index in [1.165, 1.54) is 0 Å². The van der Waals surface area contributed by atoms with E-state index in [1.54, 1.807) is 18.0 Å². The Kier molecular flexibility index (Phi) is 6.81. The fourth-order valence-electron chi connectivity index (χ4n) is 3.80. The van der Waals surface area contributed by atoms with Gasteiger partial charge in [-0.15, -0.1) is 0 Å². The van der Waals surface area contributed by atoms with Gasteiger partial charge in [-0.05, 0) is 31.6 Å². The lowest BCUT2D eigenvalue weighted by molar-refractivity contribution is -0.128. The number of nitrogens with zero attached hydrogens (tertiary/aromatic N) is 5. The maximum absolute atomic E-state index is 11.4. The van der Waals surface area contributed by atoms with Gasteiger partial charge < -0.3 is 19.9 Å². The maximum Gasteiger partial charge on any atom is 0.219 e. The van der Waals surface area contributed by atoms with Crippen molar-refractivity contribution in [2.75, 3.05) is 32.0 Å². The number of hydroxylamine groups is 1. The summed E-state index contributed by atoms with van der Waals surface area (Å²) >= 11 is 0. The lowest BCUT2D eigenvalue weighted by Crippen LogP contribution is -2.35. The molecule has 32 heavy (non-hydrogen) atoms. The van der Waals surface area contributed by atoms with Crippen molar-refractivity contribution >= 4 is 33.8 Å². The topological polar surface area (TPSA) is 120 Å². The van der Waals surface area contributed by atoms with Crippen LogP contribution in [0, 0.1) is 0 Å². The molecular weight excluding hydrogens is 410 g/mol. The molecule has 0 aromatic carbocycles. The summed E-state index contributed by atoms with van der Waals surface area (Å²) in [5.41, 5.74) is 13.2. The number of aromatic nitrogens is 4. The van der Waals surface area contributed by atoms with E-state index in [0.717, 1.165) is 40.9 Å². The third kappa shape index (κ3) is 4.66. The fraction of sp³-hybridized carbons (Fsp3) is 0.455. The van der Waals surface area contributed by atoms with Crippen molar-refractivity contribution in [2.45, 2.75) is 39.8 Å². The predicted molar refractivity (Wildman–Crippen MR) is 121 cm³/mol. The van der Waals surface area contributed by atoms with Gasteiger partial charge in [-0.2, -0.15) is 0 Å². The third-order valence-electron chi connectivity index (χ3n) is 5.46. The molecule has 0 atom stereocenters. The van der Waals surface area contributed by atoms with Gasteiger partial charge in [0.25, 0.3) is 0 Å². The molecule has 1 aliphatic heterocycles. The van der Waals surface area contributed by atoms with Crippen LogP contribution in [-0.4, -0.2) is 56.6 Å². The highest BCUT2D eigenvalue weighted by Gasteiger charge is 2.18. The molecule has 0 radical (unpaired) electrons. The molecular formula is C22H29N7O3. The Hall–Kier alpha value is -3.24. The SMILES string of the molecule is CCOCc1nc2c(N)nc3cccnc3c2n1CCCONC1=CCN(C(C)=O)CC1.